The van der Waals surface area contributed by atoms with Gasteiger partial charge in [0.05, 0.1) is 15.8 Å². The Labute approximate surface area is 133 Å². The number of hydrogen-bond acceptors (Lipinski definition) is 4. The molecule has 0 saturated carbocycles. The number of halogens is 2. The monoisotopic (exact) mass is 397 g/mol. The van der Waals surface area contributed by atoms with Gasteiger partial charge in [0.15, 0.2) is 0 Å². The molecule has 0 radical (unpaired) electrons. The Bertz CT molecular complexity index is 672. The number of oxime groups is 1. The van der Waals surface area contributed by atoms with Crippen molar-refractivity contribution in [1.82, 2.24) is 0 Å². The number of terminal acetylenes is 1. The van der Waals surface area contributed by atoms with Gasteiger partial charge < -0.3 is 9.57 Å². The third-order valence-corrected chi connectivity index (χ3v) is 3.56. The SMILES string of the molecule is C#CCOc1c(Br)cc(Br)cc1/C=C1\C(=O)ON=C1C. The summed E-state index contributed by atoms with van der Waals surface area (Å²) in [5.41, 5.74) is 1.61. The molecule has 1 aromatic rings. The van der Waals surface area contributed by atoms with Gasteiger partial charge in [0.25, 0.3) is 0 Å². The zero-order valence-corrected chi connectivity index (χ0v) is 13.6. The van der Waals surface area contributed by atoms with Gasteiger partial charge in [-0.15, -0.1) is 6.42 Å². The van der Waals surface area contributed by atoms with Crippen molar-refractivity contribution < 1.29 is 14.4 Å². The molecular weight excluding hydrogens is 390 g/mol. The quantitative estimate of drug-likeness (QED) is 0.444. The Balaban J connectivity index is 2.50. The maximum atomic E-state index is 11.6. The van der Waals surface area contributed by atoms with E-state index in [-0.39, 0.29) is 6.61 Å². The van der Waals surface area contributed by atoms with E-state index < -0.39 is 5.97 Å². The minimum atomic E-state index is -0.485. The second kappa shape index (κ2) is 6.25. The first-order chi connectivity index (χ1) is 9.52. The van der Waals surface area contributed by atoms with Gasteiger partial charge >= 0.3 is 5.97 Å². The van der Waals surface area contributed by atoms with E-state index in [0.29, 0.717) is 22.6 Å². The minimum absolute atomic E-state index is 0.133. The van der Waals surface area contributed by atoms with E-state index in [9.17, 15) is 4.79 Å². The van der Waals surface area contributed by atoms with Crippen molar-refractivity contribution in [3.05, 3.63) is 32.2 Å². The van der Waals surface area contributed by atoms with E-state index >= 15 is 0 Å². The van der Waals surface area contributed by atoms with Gasteiger partial charge in [-0.2, -0.15) is 0 Å². The third kappa shape index (κ3) is 3.11. The highest BCUT2D eigenvalue weighted by atomic mass is 79.9. The van der Waals surface area contributed by atoms with E-state index in [1.54, 1.807) is 13.0 Å². The highest BCUT2D eigenvalue weighted by Crippen LogP contribution is 2.34. The fraction of sp³-hybridized carbons (Fsp3) is 0.143. The van der Waals surface area contributed by atoms with Crippen molar-refractivity contribution in [2.45, 2.75) is 6.92 Å². The summed E-state index contributed by atoms with van der Waals surface area (Å²) < 4.78 is 7.08. The molecule has 1 aliphatic rings. The number of nitrogens with zero attached hydrogens (tertiary/aromatic N) is 1. The number of benzene rings is 1. The fourth-order valence-electron chi connectivity index (χ4n) is 1.63. The summed E-state index contributed by atoms with van der Waals surface area (Å²) in [6.07, 6.45) is 6.87. The van der Waals surface area contributed by atoms with Gasteiger partial charge in [-0.1, -0.05) is 27.0 Å². The zero-order chi connectivity index (χ0) is 14.7. The predicted octanol–water partition coefficient (Wildman–Crippen LogP) is 3.54. The average Bonchev–Trinajstić information content (AvgIpc) is 2.69. The van der Waals surface area contributed by atoms with E-state index in [4.69, 9.17) is 11.2 Å². The molecule has 0 atom stereocenters. The van der Waals surface area contributed by atoms with Gasteiger partial charge in [-0.3, -0.25) is 0 Å². The Kier molecular flexibility index (Phi) is 4.63. The van der Waals surface area contributed by atoms with Crippen LogP contribution in [0, 0.1) is 12.3 Å². The Hall–Kier alpha value is -1.58. The Morgan fingerprint density at radius 1 is 1.50 bits per heavy atom. The second-order valence-corrected chi connectivity index (χ2v) is 5.68. The van der Waals surface area contributed by atoms with Crippen LogP contribution in [0.4, 0.5) is 0 Å². The van der Waals surface area contributed by atoms with Crippen LogP contribution in [0.25, 0.3) is 6.08 Å². The van der Waals surface area contributed by atoms with Crippen molar-refractivity contribution >= 4 is 49.6 Å². The maximum Gasteiger partial charge on any atom is 0.367 e. The number of carbonyl (C=O) groups is 1. The first-order valence-electron chi connectivity index (χ1n) is 5.56. The molecule has 102 valence electrons. The smallest absolute Gasteiger partial charge is 0.367 e. The highest BCUT2D eigenvalue weighted by molar-refractivity contribution is 9.11. The topological polar surface area (TPSA) is 47.9 Å². The molecule has 1 aliphatic heterocycles. The Morgan fingerprint density at radius 3 is 2.85 bits per heavy atom. The van der Waals surface area contributed by atoms with Gasteiger partial charge in [0.1, 0.15) is 12.4 Å². The maximum absolute atomic E-state index is 11.6. The number of rotatable bonds is 3. The molecule has 0 spiro atoms. The molecule has 0 amide bonds. The molecule has 1 heterocycles. The van der Waals surface area contributed by atoms with Crippen LogP contribution < -0.4 is 4.74 Å². The molecular formula is C14H9Br2NO3. The molecule has 0 bridgehead atoms. The fourth-order valence-corrected chi connectivity index (χ4v) is 3.00. The van der Waals surface area contributed by atoms with Crippen molar-refractivity contribution in [2.24, 2.45) is 5.16 Å². The molecule has 0 aliphatic carbocycles. The summed E-state index contributed by atoms with van der Waals surface area (Å²) in [6, 6.07) is 3.66. The third-order valence-electron chi connectivity index (χ3n) is 2.51. The number of hydrogen-bond donors (Lipinski definition) is 0. The lowest BCUT2D eigenvalue weighted by Gasteiger charge is -2.10. The molecule has 6 heteroatoms. The summed E-state index contributed by atoms with van der Waals surface area (Å²) in [5.74, 6) is 2.48. The molecule has 0 aromatic heterocycles. The van der Waals surface area contributed by atoms with Crippen LogP contribution in [-0.2, 0) is 9.63 Å². The standard InChI is InChI=1S/C14H9Br2NO3/c1-3-4-19-13-9(5-10(15)7-12(13)16)6-11-8(2)17-20-14(11)18/h1,5-7H,4H2,2H3/b11-6-. The van der Waals surface area contributed by atoms with E-state index in [2.05, 4.69) is 47.8 Å². The van der Waals surface area contributed by atoms with Crippen molar-refractivity contribution in [3.63, 3.8) is 0 Å². The minimum Gasteiger partial charge on any atom is -0.479 e. The van der Waals surface area contributed by atoms with Gasteiger partial charge in [0.2, 0.25) is 0 Å². The number of ether oxygens (including phenoxy) is 1. The highest BCUT2D eigenvalue weighted by Gasteiger charge is 2.23. The van der Waals surface area contributed by atoms with E-state index in [1.807, 2.05) is 12.1 Å². The lowest BCUT2D eigenvalue weighted by molar-refractivity contribution is -0.136. The molecule has 2 rings (SSSR count). The largest absolute Gasteiger partial charge is 0.479 e. The van der Waals surface area contributed by atoms with Crippen LogP contribution in [0.15, 0.2) is 31.8 Å². The summed E-state index contributed by atoms with van der Waals surface area (Å²) >= 11 is 6.80. The van der Waals surface area contributed by atoms with Crippen molar-refractivity contribution in [2.75, 3.05) is 6.61 Å². The first kappa shape index (κ1) is 14.8. The lowest BCUT2D eigenvalue weighted by atomic mass is 10.1. The van der Waals surface area contributed by atoms with Gasteiger partial charge in [-0.05, 0) is 41.1 Å². The summed E-state index contributed by atoms with van der Waals surface area (Å²) in [4.78, 5) is 16.2. The molecule has 0 saturated heterocycles. The van der Waals surface area contributed by atoms with Gasteiger partial charge in [-0.25, -0.2) is 4.79 Å². The molecule has 0 unspecified atom stereocenters. The van der Waals surface area contributed by atoms with E-state index in [0.717, 1.165) is 8.95 Å². The molecule has 4 nitrogen and oxygen atoms in total. The summed E-state index contributed by atoms with van der Waals surface area (Å²) in [6.45, 7) is 1.83. The first-order valence-corrected chi connectivity index (χ1v) is 7.15. The van der Waals surface area contributed by atoms with Crippen molar-refractivity contribution in [1.29, 1.82) is 0 Å². The van der Waals surface area contributed by atoms with E-state index in [1.165, 1.54) is 0 Å². The molecule has 0 N–H and O–H groups in total. The van der Waals surface area contributed by atoms with Crippen LogP contribution in [0.3, 0.4) is 0 Å². The lowest BCUT2D eigenvalue weighted by Crippen LogP contribution is -2.03. The summed E-state index contributed by atoms with van der Waals surface area (Å²) in [7, 11) is 0. The Morgan fingerprint density at radius 2 is 2.25 bits per heavy atom. The second-order valence-electron chi connectivity index (χ2n) is 3.91. The van der Waals surface area contributed by atoms with Gasteiger partial charge in [0, 0.05) is 10.0 Å². The zero-order valence-electron chi connectivity index (χ0n) is 10.4. The summed E-state index contributed by atoms with van der Waals surface area (Å²) in [5, 5.41) is 3.63. The number of carbonyl (C=O) groups excluding carboxylic acids is 1. The van der Waals surface area contributed by atoms with Crippen LogP contribution in [0.5, 0.6) is 5.75 Å². The van der Waals surface area contributed by atoms with Crippen LogP contribution in [-0.4, -0.2) is 18.3 Å². The van der Waals surface area contributed by atoms with Crippen molar-refractivity contribution in [3.8, 4) is 18.1 Å². The average molecular weight is 399 g/mol. The van der Waals surface area contributed by atoms with Crippen LogP contribution in [0.2, 0.25) is 0 Å². The normalized spacial score (nSPS) is 15.8. The van der Waals surface area contributed by atoms with Crippen LogP contribution >= 0.6 is 31.9 Å². The molecule has 1 aromatic carbocycles. The predicted molar refractivity (Wildman–Crippen MR) is 83.3 cm³/mol. The van der Waals surface area contributed by atoms with Crippen LogP contribution in [0.1, 0.15) is 12.5 Å². The molecule has 0 fully saturated rings. The molecule has 20 heavy (non-hydrogen) atoms.